The summed E-state index contributed by atoms with van der Waals surface area (Å²) in [7, 11) is 0. The maximum atomic E-state index is 12.1. The molecule has 0 spiro atoms. The average Bonchev–Trinajstić information content (AvgIpc) is 3.25. The number of aromatic nitrogens is 3. The summed E-state index contributed by atoms with van der Waals surface area (Å²) < 4.78 is 7.49. The first kappa shape index (κ1) is 16.6. The molecule has 9 heteroatoms. The Morgan fingerprint density at radius 2 is 2.50 bits per heavy atom. The van der Waals surface area contributed by atoms with Crippen molar-refractivity contribution in [3.8, 4) is 6.07 Å². The van der Waals surface area contributed by atoms with Gasteiger partial charge in [-0.15, -0.1) is 11.3 Å². The highest BCUT2D eigenvalue weighted by Crippen LogP contribution is 2.22. The molecule has 1 atom stereocenters. The summed E-state index contributed by atoms with van der Waals surface area (Å²) in [5, 5.41) is 18.3. The topological polar surface area (TPSA) is 96.1 Å². The van der Waals surface area contributed by atoms with Crippen LogP contribution in [0.15, 0.2) is 24.1 Å². The number of morpholine rings is 1. The van der Waals surface area contributed by atoms with Crippen molar-refractivity contribution < 1.29 is 9.53 Å². The van der Waals surface area contributed by atoms with E-state index in [-0.39, 0.29) is 12.0 Å². The molecule has 0 radical (unpaired) electrons. The summed E-state index contributed by atoms with van der Waals surface area (Å²) in [6.45, 7) is 3.53. The third-order valence-electron chi connectivity index (χ3n) is 3.77. The Kier molecular flexibility index (Phi) is 5.53. The van der Waals surface area contributed by atoms with E-state index in [2.05, 4.69) is 26.4 Å². The third-order valence-corrected chi connectivity index (χ3v) is 4.60. The first-order chi connectivity index (χ1) is 11.7. The van der Waals surface area contributed by atoms with E-state index in [1.54, 1.807) is 22.5 Å². The molecule has 0 aliphatic carbocycles. The molecule has 1 N–H and O–H groups in total. The second kappa shape index (κ2) is 8.01. The van der Waals surface area contributed by atoms with Gasteiger partial charge in [-0.05, 0) is 11.4 Å². The van der Waals surface area contributed by atoms with Crippen LogP contribution in [-0.4, -0.2) is 57.9 Å². The fourth-order valence-electron chi connectivity index (χ4n) is 2.57. The zero-order chi connectivity index (χ0) is 16.8. The van der Waals surface area contributed by atoms with Gasteiger partial charge in [0.15, 0.2) is 0 Å². The number of rotatable bonds is 6. The Labute approximate surface area is 143 Å². The first-order valence-electron chi connectivity index (χ1n) is 7.68. The number of anilines is 1. The highest BCUT2D eigenvalue weighted by molar-refractivity contribution is 7.14. The molecule has 3 heterocycles. The van der Waals surface area contributed by atoms with Gasteiger partial charge in [-0.2, -0.15) is 10.4 Å². The molecule has 0 aromatic carbocycles. The Morgan fingerprint density at radius 3 is 3.29 bits per heavy atom. The molecule has 1 aliphatic rings. The quantitative estimate of drug-likeness (QED) is 0.836. The normalized spacial score (nSPS) is 18.2. The Hall–Kier alpha value is -2.28. The summed E-state index contributed by atoms with van der Waals surface area (Å²) in [6.07, 6.45) is 3.61. The molecule has 126 valence electrons. The maximum Gasteiger partial charge on any atom is 0.226 e. The van der Waals surface area contributed by atoms with Crippen molar-refractivity contribution in [1.82, 2.24) is 19.7 Å². The van der Waals surface area contributed by atoms with E-state index in [0.717, 1.165) is 13.1 Å². The number of carbonyl (C=O) groups excluding carboxylic acids is 1. The highest BCUT2D eigenvalue weighted by Gasteiger charge is 2.21. The summed E-state index contributed by atoms with van der Waals surface area (Å²) in [5.41, 5.74) is 0.507. The number of hydrogen-bond donors (Lipinski definition) is 1. The predicted octanol–water partition coefficient (Wildman–Crippen LogP) is 0.941. The Balaban J connectivity index is 1.44. The van der Waals surface area contributed by atoms with Crippen LogP contribution in [-0.2, 0) is 16.1 Å². The third kappa shape index (κ3) is 4.38. The fourth-order valence-corrected chi connectivity index (χ4v) is 3.33. The Morgan fingerprint density at radius 1 is 1.58 bits per heavy atom. The molecule has 8 nitrogen and oxygen atoms in total. The maximum absolute atomic E-state index is 12.1. The van der Waals surface area contributed by atoms with Crippen molar-refractivity contribution in [3.63, 3.8) is 0 Å². The minimum Gasteiger partial charge on any atom is -0.374 e. The van der Waals surface area contributed by atoms with Crippen LogP contribution < -0.4 is 5.32 Å². The number of nitrogens with one attached hydrogen (secondary N) is 1. The molecule has 2 aromatic heterocycles. The van der Waals surface area contributed by atoms with Gasteiger partial charge >= 0.3 is 0 Å². The first-order valence-corrected chi connectivity index (χ1v) is 8.56. The number of hydrogen-bond acceptors (Lipinski definition) is 7. The lowest BCUT2D eigenvalue weighted by atomic mass is 10.2. The molecule has 0 saturated carbocycles. The molecular weight excluding hydrogens is 328 g/mol. The monoisotopic (exact) mass is 346 g/mol. The number of thiophene rings is 1. The summed E-state index contributed by atoms with van der Waals surface area (Å²) in [6, 6.07) is 3.77. The number of ether oxygens (including phenoxy) is 1. The standard InChI is InChI=1S/C15H18N6O2S/c16-7-12-2-6-24-15(12)19-14(22)1-3-20-4-5-23-13(8-20)9-21-11-17-10-18-21/h2,6,10-11,13H,1,3-5,8-9H2,(H,19,22). The lowest BCUT2D eigenvalue weighted by Crippen LogP contribution is -2.45. The largest absolute Gasteiger partial charge is 0.374 e. The van der Waals surface area contributed by atoms with Gasteiger partial charge in [0.25, 0.3) is 0 Å². The number of carbonyl (C=O) groups is 1. The number of nitriles is 1. The van der Waals surface area contributed by atoms with Gasteiger partial charge in [0.2, 0.25) is 5.91 Å². The van der Waals surface area contributed by atoms with Gasteiger partial charge in [0.05, 0.1) is 24.8 Å². The fraction of sp³-hybridized carbons (Fsp3) is 0.467. The molecule has 1 unspecified atom stereocenters. The van der Waals surface area contributed by atoms with Crippen molar-refractivity contribution >= 4 is 22.2 Å². The number of amides is 1. The minimum absolute atomic E-state index is 0.0472. The van der Waals surface area contributed by atoms with E-state index in [9.17, 15) is 4.79 Å². The van der Waals surface area contributed by atoms with Gasteiger partial charge < -0.3 is 10.1 Å². The van der Waals surface area contributed by atoms with Crippen LogP contribution in [0.3, 0.4) is 0 Å². The lowest BCUT2D eigenvalue weighted by molar-refractivity contribution is -0.117. The van der Waals surface area contributed by atoms with E-state index in [1.807, 2.05) is 0 Å². The van der Waals surface area contributed by atoms with E-state index in [4.69, 9.17) is 10.00 Å². The highest BCUT2D eigenvalue weighted by atomic mass is 32.1. The van der Waals surface area contributed by atoms with Gasteiger partial charge in [-0.3, -0.25) is 14.4 Å². The van der Waals surface area contributed by atoms with Crippen LogP contribution >= 0.6 is 11.3 Å². The summed E-state index contributed by atoms with van der Waals surface area (Å²) in [5.74, 6) is -0.0757. The SMILES string of the molecule is N#Cc1ccsc1NC(=O)CCN1CCOC(Cn2cncn2)C1. The predicted molar refractivity (Wildman–Crippen MR) is 88.5 cm³/mol. The van der Waals surface area contributed by atoms with Crippen LogP contribution in [0, 0.1) is 11.3 Å². The molecule has 1 aliphatic heterocycles. The zero-order valence-corrected chi connectivity index (χ0v) is 13.9. The van der Waals surface area contributed by atoms with Crippen LogP contribution in [0.5, 0.6) is 0 Å². The van der Waals surface area contributed by atoms with E-state index >= 15 is 0 Å². The van der Waals surface area contributed by atoms with Crippen molar-refractivity contribution in [2.45, 2.75) is 19.1 Å². The molecule has 1 saturated heterocycles. The summed E-state index contributed by atoms with van der Waals surface area (Å²) >= 11 is 1.36. The van der Waals surface area contributed by atoms with Crippen LogP contribution in [0.2, 0.25) is 0 Å². The zero-order valence-electron chi connectivity index (χ0n) is 13.1. The van der Waals surface area contributed by atoms with Crippen LogP contribution in [0.4, 0.5) is 5.00 Å². The van der Waals surface area contributed by atoms with Gasteiger partial charge in [0, 0.05) is 26.1 Å². The molecule has 1 fully saturated rings. The van der Waals surface area contributed by atoms with Crippen molar-refractivity contribution in [2.75, 3.05) is 31.6 Å². The second-order valence-corrected chi connectivity index (χ2v) is 6.40. The second-order valence-electron chi connectivity index (χ2n) is 5.48. The van der Waals surface area contributed by atoms with Crippen LogP contribution in [0.1, 0.15) is 12.0 Å². The van der Waals surface area contributed by atoms with E-state index in [0.29, 0.717) is 36.7 Å². The molecule has 2 aromatic rings. The van der Waals surface area contributed by atoms with E-state index in [1.165, 1.54) is 17.7 Å². The molecule has 24 heavy (non-hydrogen) atoms. The number of nitrogens with zero attached hydrogens (tertiary/aromatic N) is 5. The molecule has 0 bridgehead atoms. The molecule has 1 amide bonds. The smallest absolute Gasteiger partial charge is 0.226 e. The van der Waals surface area contributed by atoms with Gasteiger partial charge in [-0.25, -0.2) is 4.98 Å². The lowest BCUT2D eigenvalue weighted by Gasteiger charge is -2.32. The van der Waals surface area contributed by atoms with Gasteiger partial charge in [0.1, 0.15) is 23.7 Å². The Bertz CT molecular complexity index is 708. The van der Waals surface area contributed by atoms with Crippen molar-refractivity contribution in [3.05, 3.63) is 29.7 Å². The van der Waals surface area contributed by atoms with Crippen molar-refractivity contribution in [1.29, 1.82) is 5.26 Å². The molecule has 3 rings (SSSR count). The molecular formula is C15H18N6O2S. The van der Waals surface area contributed by atoms with Crippen LogP contribution in [0.25, 0.3) is 0 Å². The minimum atomic E-state index is -0.0757. The van der Waals surface area contributed by atoms with Gasteiger partial charge in [-0.1, -0.05) is 0 Å². The average molecular weight is 346 g/mol. The van der Waals surface area contributed by atoms with Crippen molar-refractivity contribution in [2.24, 2.45) is 0 Å². The summed E-state index contributed by atoms with van der Waals surface area (Å²) in [4.78, 5) is 18.2. The van der Waals surface area contributed by atoms with E-state index < -0.39 is 0 Å².